The minimum atomic E-state index is 0.799. The van der Waals surface area contributed by atoms with Crippen molar-refractivity contribution in [1.29, 1.82) is 0 Å². The molecule has 0 aromatic heterocycles. The highest BCUT2D eigenvalue weighted by molar-refractivity contribution is 5.49. The van der Waals surface area contributed by atoms with Crippen LogP contribution < -0.4 is 10.1 Å². The van der Waals surface area contributed by atoms with E-state index in [0.29, 0.717) is 0 Å². The van der Waals surface area contributed by atoms with E-state index < -0.39 is 0 Å². The molecule has 0 spiro atoms. The Morgan fingerprint density at radius 3 is 2.58 bits per heavy atom. The molecule has 0 saturated carbocycles. The summed E-state index contributed by atoms with van der Waals surface area (Å²) in [5.41, 5.74) is 1.05. The largest absolute Gasteiger partial charge is 0.457 e. The number of hydrogen-bond donors (Lipinski definition) is 1. The predicted molar refractivity (Wildman–Crippen MR) is 79.5 cm³/mol. The number of terminal acetylenes is 1. The summed E-state index contributed by atoms with van der Waals surface area (Å²) in [5.74, 6) is 4.30. The maximum atomic E-state index is 5.77. The van der Waals surface area contributed by atoms with Crippen molar-refractivity contribution in [1.82, 2.24) is 0 Å². The summed E-state index contributed by atoms with van der Waals surface area (Å²) in [6.07, 6.45) is 6.99. The Kier molecular flexibility index (Phi) is 4.89. The van der Waals surface area contributed by atoms with Crippen LogP contribution in [0.4, 0.5) is 5.69 Å². The molecule has 0 amide bonds. The average molecular weight is 251 g/mol. The van der Waals surface area contributed by atoms with Crippen molar-refractivity contribution >= 4 is 5.69 Å². The Labute approximate surface area is 114 Å². The third-order valence-corrected chi connectivity index (χ3v) is 2.64. The van der Waals surface area contributed by atoms with Gasteiger partial charge in [0.25, 0.3) is 0 Å². The summed E-state index contributed by atoms with van der Waals surface area (Å²) in [5, 5.41) is 3.33. The molecule has 0 heterocycles. The van der Waals surface area contributed by atoms with E-state index in [4.69, 9.17) is 11.2 Å². The maximum Gasteiger partial charge on any atom is 0.129 e. The zero-order valence-corrected chi connectivity index (χ0v) is 10.8. The fraction of sp³-hybridized carbons (Fsp3) is 0.176. The lowest BCUT2D eigenvalue weighted by atomic mass is 10.2. The van der Waals surface area contributed by atoms with Crippen molar-refractivity contribution < 1.29 is 4.74 Å². The van der Waals surface area contributed by atoms with Crippen LogP contribution in [0.2, 0.25) is 0 Å². The first kappa shape index (κ1) is 13.0. The normalized spacial score (nSPS) is 9.63. The Morgan fingerprint density at radius 2 is 1.79 bits per heavy atom. The Balaban J connectivity index is 1.94. The molecular weight excluding hydrogens is 234 g/mol. The lowest BCUT2D eigenvalue weighted by Crippen LogP contribution is -2.00. The first-order chi connectivity index (χ1) is 9.38. The molecule has 2 aromatic carbocycles. The van der Waals surface area contributed by atoms with Gasteiger partial charge in [-0.2, -0.15) is 0 Å². The van der Waals surface area contributed by atoms with Crippen molar-refractivity contribution in [2.24, 2.45) is 0 Å². The number of para-hydroxylation sites is 1. The third-order valence-electron chi connectivity index (χ3n) is 2.64. The third kappa shape index (κ3) is 4.40. The second kappa shape index (κ2) is 7.13. The highest BCUT2D eigenvalue weighted by atomic mass is 16.5. The highest BCUT2D eigenvalue weighted by Crippen LogP contribution is 2.23. The topological polar surface area (TPSA) is 21.3 Å². The zero-order chi connectivity index (χ0) is 13.3. The molecule has 2 rings (SSSR count). The number of unbranched alkanes of at least 4 members (excludes halogenated alkanes) is 1. The fourth-order valence-corrected chi connectivity index (χ4v) is 1.72. The van der Waals surface area contributed by atoms with E-state index in [1.165, 1.54) is 0 Å². The molecule has 0 fully saturated rings. The molecule has 2 heteroatoms. The number of benzene rings is 2. The van der Waals surface area contributed by atoms with Crippen LogP contribution in [0, 0.1) is 12.3 Å². The molecule has 0 aliphatic heterocycles. The molecule has 1 N–H and O–H groups in total. The Bertz CT molecular complexity index is 543. The van der Waals surface area contributed by atoms with E-state index in [1.807, 2.05) is 54.6 Å². The lowest BCUT2D eigenvalue weighted by Gasteiger charge is -2.09. The monoisotopic (exact) mass is 251 g/mol. The fourth-order valence-electron chi connectivity index (χ4n) is 1.72. The number of rotatable bonds is 6. The van der Waals surface area contributed by atoms with Crippen LogP contribution in [-0.4, -0.2) is 6.54 Å². The van der Waals surface area contributed by atoms with Crippen molar-refractivity contribution in [3.63, 3.8) is 0 Å². The quantitative estimate of drug-likeness (QED) is 0.610. The van der Waals surface area contributed by atoms with Crippen LogP contribution in [0.3, 0.4) is 0 Å². The van der Waals surface area contributed by atoms with Crippen molar-refractivity contribution in [3.05, 3.63) is 54.6 Å². The van der Waals surface area contributed by atoms with Crippen LogP contribution in [-0.2, 0) is 0 Å². The second-order valence-corrected chi connectivity index (χ2v) is 4.18. The van der Waals surface area contributed by atoms with Crippen molar-refractivity contribution in [2.75, 3.05) is 11.9 Å². The average Bonchev–Trinajstić information content (AvgIpc) is 2.45. The van der Waals surface area contributed by atoms with Crippen LogP contribution in [0.25, 0.3) is 0 Å². The van der Waals surface area contributed by atoms with E-state index >= 15 is 0 Å². The molecule has 0 saturated heterocycles. The van der Waals surface area contributed by atoms with Gasteiger partial charge in [-0.25, -0.2) is 0 Å². The first-order valence-corrected chi connectivity index (χ1v) is 6.39. The molecular formula is C17H17NO. The smallest absolute Gasteiger partial charge is 0.129 e. The van der Waals surface area contributed by atoms with E-state index in [0.717, 1.165) is 36.6 Å². The van der Waals surface area contributed by atoms with Gasteiger partial charge in [-0.3, -0.25) is 0 Å². The molecule has 19 heavy (non-hydrogen) atoms. The minimum absolute atomic E-state index is 0.799. The molecule has 0 aliphatic rings. The molecule has 0 aliphatic carbocycles. The first-order valence-electron chi connectivity index (χ1n) is 6.39. The van der Waals surface area contributed by atoms with Gasteiger partial charge in [0.15, 0.2) is 0 Å². The summed E-state index contributed by atoms with van der Waals surface area (Å²) >= 11 is 0. The summed E-state index contributed by atoms with van der Waals surface area (Å²) in [7, 11) is 0. The highest BCUT2D eigenvalue weighted by Gasteiger charge is 1.98. The summed E-state index contributed by atoms with van der Waals surface area (Å²) in [6.45, 7) is 0.874. The van der Waals surface area contributed by atoms with Crippen LogP contribution >= 0.6 is 0 Å². The van der Waals surface area contributed by atoms with Gasteiger partial charge >= 0.3 is 0 Å². The van der Waals surface area contributed by atoms with Gasteiger partial charge in [0.2, 0.25) is 0 Å². The molecule has 0 unspecified atom stereocenters. The van der Waals surface area contributed by atoms with E-state index in [-0.39, 0.29) is 0 Å². The van der Waals surface area contributed by atoms with Gasteiger partial charge < -0.3 is 10.1 Å². The lowest BCUT2D eigenvalue weighted by molar-refractivity contribution is 0.483. The van der Waals surface area contributed by atoms with Gasteiger partial charge in [0.1, 0.15) is 11.5 Å². The van der Waals surface area contributed by atoms with E-state index in [2.05, 4.69) is 11.2 Å². The second-order valence-electron chi connectivity index (χ2n) is 4.18. The number of ether oxygens (including phenoxy) is 1. The number of nitrogens with one attached hydrogen (secondary N) is 1. The van der Waals surface area contributed by atoms with Crippen LogP contribution in [0.1, 0.15) is 12.8 Å². The summed E-state index contributed by atoms with van der Waals surface area (Å²) in [4.78, 5) is 0. The molecule has 0 atom stereocenters. The Morgan fingerprint density at radius 1 is 1.00 bits per heavy atom. The molecule has 0 bridgehead atoms. The van der Waals surface area contributed by atoms with Gasteiger partial charge in [-0.05, 0) is 30.7 Å². The van der Waals surface area contributed by atoms with Crippen LogP contribution in [0.15, 0.2) is 54.6 Å². The summed E-state index contributed by atoms with van der Waals surface area (Å²) < 4.78 is 5.77. The molecule has 0 radical (unpaired) electrons. The van der Waals surface area contributed by atoms with Gasteiger partial charge in [0.05, 0.1) is 0 Å². The molecule has 2 aromatic rings. The number of anilines is 1. The SMILES string of the molecule is C#CCCCNc1cccc(Oc2ccccc2)c1. The standard InChI is InChI=1S/C17H17NO/c1-2-3-7-13-18-15-9-8-12-17(14-15)19-16-10-5-4-6-11-16/h1,4-6,8-12,14,18H,3,7,13H2. The predicted octanol–water partition coefficient (Wildman–Crippen LogP) is 4.30. The zero-order valence-electron chi connectivity index (χ0n) is 10.8. The summed E-state index contributed by atoms with van der Waals surface area (Å²) in [6, 6.07) is 17.7. The van der Waals surface area contributed by atoms with Gasteiger partial charge in [-0.1, -0.05) is 24.3 Å². The Hall–Kier alpha value is -2.40. The van der Waals surface area contributed by atoms with Gasteiger partial charge in [-0.15, -0.1) is 12.3 Å². The molecule has 96 valence electrons. The van der Waals surface area contributed by atoms with E-state index in [9.17, 15) is 0 Å². The minimum Gasteiger partial charge on any atom is -0.457 e. The van der Waals surface area contributed by atoms with Crippen LogP contribution in [0.5, 0.6) is 11.5 Å². The van der Waals surface area contributed by atoms with Crippen molar-refractivity contribution in [2.45, 2.75) is 12.8 Å². The maximum absolute atomic E-state index is 5.77. The van der Waals surface area contributed by atoms with Crippen molar-refractivity contribution in [3.8, 4) is 23.8 Å². The number of hydrogen-bond acceptors (Lipinski definition) is 2. The van der Waals surface area contributed by atoms with E-state index in [1.54, 1.807) is 0 Å². The molecule has 2 nitrogen and oxygen atoms in total. The van der Waals surface area contributed by atoms with Gasteiger partial charge in [0, 0.05) is 24.7 Å².